The number of amidine groups is 1. The Morgan fingerprint density at radius 2 is 2.00 bits per heavy atom. The molecule has 0 aliphatic carbocycles. The van der Waals surface area contributed by atoms with Crippen LogP contribution < -0.4 is 5.73 Å². The van der Waals surface area contributed by atoms with Crippen LogP contribution in [0.5, 0.6) is 0 Å². The Balaban J connectivity index is 2.54. The molecule has 110 valence electrons. The fourth-order valence-corrected chi connectivity index (χ4v) is 3.14. The molecule has 0 fully saturated rings. The van der Waals surface area contributed by atoms with Gasteiger partial charge in [0.15, 0.2) is 5.84 Å². The Bertz CT molecular complexity index is 722. The lowest BCUT2D eigenvalue weighted by Crippen LogP contribution is -2.18. The number of aryl methyl sites for hydroxylation is 1. The van der Waals surface area contributed by atoms with Crippen LogP contribution in [0.3, 0.4) is 0 Å². The number of nitrogens with zero attached hydrogens (tertiary/aromatic N) is 3. The average molecular weight is 343 g/mol. The topological polar surface area (TPSA) is 84.4 Å². The number of hydrogen-bond acceptors (Lipinski definition) is 5. The number of oxime groups is 1. The van der Waals surface area contributed by atoms with Gasteiger partial charge in [0, 0.05) is 9.92 Å². The number of hydrogen-bond donors (Lipinski definition) is 2. The largest absolute Gasteiger partial charge is 0.409 e. The first-order valence-electron chi connectivity index (χ1n) is 5.88. The molecule has 8 heteroatoms. The summed E-state index contributed by atoms with van der Waals surface area (Å²) in [5, 5.41) is 21.8. The van der Waals surface area contributed by atoms with Crippen LogP contribution in [0, 0.1) is 13.8 Å². The van der Waals surface area contributed by atoms with Gasteiger partial charge >= 0.3 is 0 Å². The lowest BCUT2D eigenvalue weighted by Gasteiger charge is -2.11. The van der Waals surface area contributed by atoms with Gasteiger partial charge in [0.25, 0.3) is 0 Å². The third kappa shape index (κ3) is 3.40. The van der Waals surface area contributed by atoms with Crippen molar-refractivity contribution in [1.29, 1.82) is 0 Å². The minimum atomic E-state index is -0.0221. The monoisotopic (exact) mass is 342 g/mol. The van der Waals surface area contributed by atoms with Crippen molar-refractivity contribution in [2.24, 2.45) is 10.9 Å². The van der Waals surface area contributed by atoms with Crippen molar-refractivity contribution in [2.75, 3.05) is 0 Å². The van der Waals surface area contributed by atoms with E-state index in [-0.39, 0.29) is 5.84 Å². The van der Waals surface area contributed by atoms with Gasteiger partial charge in [0.05, 0.1) is 16.3 Å². The SMILES string of the molecule is Cc1nnc(Sc2cc(Cl)ccc2Cl)c(/C(N)=N/O)c1C. The number of benzene rings is 1. The zero-order valence-electron chi connectivity index (χ0n) is 11.3. The molecule has 5 nitrogen and oxygen atoms in total. The highest BCUT2D eigenvalue weighted by Crippen LogP contribution is 2.36. The van der Waals surface area contributed by atoms with Gasteiger partial charge in [-0.25, -0.2) is 0 Å². The zero-order chi connectivity index (χ0) is 15.6. The van der Waals surface area contributed by atoms with Gasteiger partial charge in [-0.2, -0.15) is 5.10 Å². The van der Waals surface area contributed by atoms with Crippen molar-refractivity contribution in [1.82, 2.24) is 10.2 Å². The maximum atomic E-state index is 8.95. The Kier molecular flexibility index (Phi) is 4.92. The molecule has 1 aromatic carbocycles. The van der Waals surface area contributed by atoms with E-state index in [0.717, 1.165) is 5.56 Å². The quantitative estimate of drug-likeness (QED) is 0.385. The summed E-state index contributed by atoms with van der Waals surface area (Å²) in [6.45, 7) is 3.64. The second kappa shape index (κ2) is 6.51. The molecular weight excluding hydrogens is 331 g/mol. The third-order valence-corrected chi connectivity index (χ3v) is 4.60. The molecule has 1 heterocycles. The molecule has 0 atom stereocenters. The summed E-state index contributed by atoms with van der Waals surface area (Å²) in [4.78, 5) is 0.716. The molecule has 0 bridgehead atoms. The fourth-order valence-electron chi connectivity index (χ4n) is 1.67. The van der Waals surface area contributed by atoms with Crippen LogP contribution in [0.2, 0.25) is 10.0 Å². The van der Waals surface area contributed by atoms with E-state index in [0.29, 0.717) is 31.2 Å². The highest BCUT2D eigenvalue weighted by molar-refractivity contribution is 7.99. The molecule has 0 amide bonds. The van der Waals surface area contributed by atoms with E-state index in [9.17, 15) is 0 Å². The molecular formula is C13H12Cl2N4OS. The minimum Gasteiger partial charge on any atom is -0.409 e. The van der Waals surface area contributed by atoms with Gasteiger partial charge < -0.3 is 10.9 Å². The van der Waals surface area contributed by atoms with Gasteiger partial charge in [0.2, 0.25) is 0 Å². The molecule has 1 aromatic heterocycles. The summed E-state index contributed by atoms with van der Waals surface area (Å²) in [6.07, 6.45) is 0. The zero-order valence-corrected chi connectivity index (χ0v) is 13.6. The maximum absolute atomic E-state index is 8.95. The van der Waals surface area contributed by atoms with Crippen LogP contribution in [-0.2, 0) is 0 Å². The van der Waals surface area contributed by atoms with E-state index < -0.39 is 0 Å². The molecule has 0 unspecified atom stereocenters. The Labute approximate surface area is 136 Å². The van der Waals surface area contributed by atoms with Crippen molar-refractivity contribution >= 4 is 40.8 Å². The van der Waals surface area contributed by atoms with Gasteiger partial charge in [-0.05, 0) is 37.6 Å². The van der Waals surface area contributed by atoms with Crippen LogP contribution >= 0.6 is 35.0 Å². The van der Waals surface area contributed by atoms with Crippen molar-refractivity contribution in [3.63, 3.8) is 0 Å². The van der Waals surface area contributed by atoms with Crippen LogP contribution in [0.25, 0.3) is 0 Å². The standard InChI is InChI=1S/C13H12Cl2N4OS/c1-6-7(2)17-18-13(11(6)12(16)19-20)21-10-5-8(14)3-4-9(10)15/h3-5,20H,1-2H3,(H2,16,19). The predicted molar refractivity (Wildman–Crippen MR) is 84.6 cm³/mol. The van der Waals surface area contributed by atoms with Crippen LogP contribution in [0.1, 0.15) is 16.8 Å². The highest BCUT2D eigenvalue weighted by Gasteiger charge is 2.17. The molecule has 0 spiro atoms. The number of aromatic nitrogens is 2. The van der Waals surface area contributed by atoms with Gasteiger partial charge in [-0.1, -0.05) is 40.1 Å². The van der Waals surface area contributed by atoms with Crippen molar-refractivity contribution in [3.05, 3.63) is 45.1 Å². The van der Waals surface area contributed by atoms with Crippen LogP contribution in [-0.4, -0.2) is 21.2 Å². The third-order valence-electron chi connectivity index (χ3n) is 2.89. The van der Waals surface area contributed by atoms with E-state index in [2.05, 4.69) is 15.4 Å². The first-order chi connectivity index (χ1) is 9.93. The summed E-state index contributed by atoms with van der Waals surface area (Å²) in [7, 11) is 0. The fraction of sp³-hybridized carbons (Fsp3) is 0.154. The average Bonchev–Trinajstić information content (AvgIpc) is 2.46. The van der Waals surface area contributed by atoms with Crippen LogP contribution in [0.4, 0.5) is 0 Å². The molecule has 21 heavy (non-hydrogen) atoms. The van der Waals surface area contributed by atoms with E-state index in [1.165, 1.54) is 11.8 Å². The number of halogens is 2. The normalized spacial score (nSPS) is 11.7. The Morgan fingerprint density at radius 3 is 2.67 bits per heavy atom. The maximum Gasteiger partial charge on any atom is 0.173 e. The van der Waals surface area contributed by atoms with E-state index in [1.807, 2.05) is 6.92 Å². The summed E-state index contributed by atoms with van der Waals surface area (Å²) in [6, 6.07) is 5.12. The van der Waals surface area contributed by atoms with Gasteiger partial charge in [-0.3, -0.25) is 0 Å². The van der Waals surface area contributed by atoms with Gasteiger partial charge in [0.1, 0.15) is 5.03 Å². The number of nitrogens with two attached hydrogens (primary N) is 1. The van der Waals surface area contributed by atoms with Crippen molar-refractivity contribution in [3.8, 4) is 0 Å². The van der Waals surface area contributed by atoms with Crippen molar-refractivity contribution in [2.45, 2.75) is 23.8 Å². The molecule has 3 N–H and O–H groups in total. The summed E-state index contributed by atoms with van der Waals surface area (Å²) >= 11 is 13.4. The van der Waals surface area contributed by atoms with Crippen LogP contribution in [0.15, 0.2) is 33.3 Å². The molecule has 0 aliphatic rings. The molecule has 0 radical (unpaired) electrons. The molecule has 2 rings (SSSR count). The lowest BCUT2D eigenvalue weighted by molar-refractivity contribution is 0.318. The molecule has 0 saturated heterocycles. The summed E-state index contributed by atoms with van der Waals surface area (Å²) in [5.74, 6) is -0.0221. The molecule has 0 saturated carbocycles. The highest BCUT2D eigenvalue weighted by atomic mass is 35.5. The van der Waals surface area contributed by atoms with E-state index >= 15 is 0 Å². The van der Waals surface area contributed by atoms with Gasteiger partial charge in [-0.15, -0.1) is 5.10 Å². The molecule has 0 aliphatic heterocycles. The van der Waals surface area contributed by atoms with Crippen molar-refractivity contribution < 1.29 is 5.21 Å². The summed E-state index contributed by atoms with van der Waals surface area (Å²) < 4.78 is 0. The Hall–Kier alpha value is -1.50. The second-order valence-corrected chi connectivity index (χ2v) is 6.13. The lowest BCUT2D eigenvalue weighted by atomic mass is 10.1. The second-order valence-electron chi connectivity index (χ2n) is 4.25. The number of rotatable bonds is 3. The predicted octanol–water partition coefficient (Wildman–Crippen LogP) is 3.65. The van der Waals surface area contributed by atoms with E-state index in [1.54, 1.807) is 25.1 Å². The Morgan fingerprint density at radius 1 is 1.29 bits per heavy atom. The first kappa shape index (κ1) is 15.9. The smallest absolute Gasteiger partial charge is 0.173 e. The first-order valence-corrected chi connectivity index (χ1v) is 7.46. The minimum absolute atomic E-state index is 0.0221. The summed E-state index contributed by atoms with van der Waals surface area (Å²) in [5.41, 5.74) is 7.78. The molecule has 2 aromatic rings. The van der Waals surface area contributed by atoms with E-state index in [4.69, 9.17) is 34.1 Å².